The summed E-state index contributed by atoms with van der Waals surface area (Å²) in [5.41, 5.74) is 1.01. The van der Waals surface area contributed by atoms with Gasteiger partial charge in [-0.15, -0.1) is 0 Å². The van der Waals surface area contributed by atoms with Gasteiger partial charge in [0.25, 0.3) is 0 Å². The van der Waals surface area contributed by atoms with E-state index in [0.29, 0.717) is 16.9 Å². The maximum Gasteiger partial charge on any atom is 0.412 e. The first-order valence-electron chi connectivity index (χ1n) is 12.3. The lowest BCUT2D eigenvalue weighted by Gasteiger charge is -2.22. The maximum atomic E-state index is 13.4. The van der Waals surface area contributed by atoms with Crippen molar-refractivity contribution in [2.75, 3.05) is 11.9 Å². The van der Waals surface area contributed by atoms with Crippen molar-refractivity contribution in [2.24, 2.45) is 0 Å². The molecule has 1 amide bonds. The number of nitrogens with zero attached hydrogens (tertiary/aromatic N) is 1. The Morgan fingerprint density at radius 3 is 2.42 bits per heavy atom. The first kappa shape index (κ1) is 25.3. The van der Waals surface area contributed by atoms with Crippen molar-refractivity contribution in [3.8, 4) is 5.69 Å². The van der Waals surface area contributed by atoms with Gasteiger partial charge in [-0.05, 0) is 77.6 Å². The van der Waals surface area contributed by atoms with Gasteiger partial charge in [0, 0.05) is 5.39 Å². The van der Waals surface area contributed by atoms with Crippen molar-refractivity contribution < 1.29 is 28.6 Å². The van der Waals surface area contributed by atoms with Crippen LogP contribution < -0.4 is 5.32 Å². The molecule has 0 aliphatic heterocycles. The molecule has 0 radical (unpaired) electrons. The largest absolute Gasteiger partial charge is 0.462 e. The lowest BCUT2D eigenvalue weighted by Crippen LogP contribution is -2.28. The van der Waals surface area contributed by atoms with Crippen LogP contribution in [0.5, 0.6) is 0 Å². The van der Waals surface area contributed by atoms with Gasteiger partial charge >= 0.3 is 18.0 Å². The van der Waals surface area contributed by atoms with Crippen LogP contribution >= 0.6 is 0 Å². The van der Waals surface area contributed by atoms with Gasteiger partial charge in [0.1, 0.15) is 17.4 Å². The summed E-state index contributed by atoms with van der Waals surface area (Å²) in [5.74, 6) is -1.06. The topological polar surface area (TPSA) is 95.9 Å². The fourth-order valence-electron chi connectivity index (χ4n) is 4.44. The van der Waals surface area contributed by atoms with Gasteiger partial charge < -0.3 is 18.8 Å². The second-order valence-electron chi connectivity index (χ2n) is 9.78. The van der Waals surface area contributed by atoms with E-state index in [1.54, 1.807) is 56.5 Å². The number of para-hydroxylation sites is 2. The molecule has 0 spiro atoms. The molecule has 8 heteroatoms. The highest BCUT2D eigenvalue weighted by Gasteiger charge is 2.28. The summed E-state index contributed by atoms with van der Waals surface area (Å²) in [5, 5.41) is 3.54. The Bertz CT molecular complexity index is 1280. The Kier molecular flexibility index (Phi) is 7.33. The average Bonchev–Trinajstić information content (AvgIpc) is 3.45. The number of hydrogen-bond acceptors (Lipinski definition) is 6. The van der Waals surface area contributed by atoms with Crippen molar-refractivity contribution in [2.45, 2.75) is 65.1 Å². The zero-order valence-corrected chi connectivity index (χ0v) is 21.1. The van der Waals surface area contributed by atoms with Crippen LogP contribution in [0.25, 0.3) is 16.6 Å². The van der Waals surface area contributed by atoms with Crippen molar-refractivity contribution >= 4 is 34.6 Å². The number of amides is 1. The van der Waals surface area contributed by atoms with E-state index in [-0.39, 0.29) is 24.0 Å². The first-order chi connectivity index (χ1) is 17.2. The molecule has 2 aromatic carbocycles. The van der Waals surface area contributed by atoms with E-state index in [1.165, 1.54) is 0 Å². The monoisotopic (exact) mass is 492 g/mol. The number of benzene rings is 2. The number of anilines is 1. The molecule has 1 aliphatic rings. The molecule has 0 saturated heterocycles. The smallest absolute Gasteiger partial charge is 0.412 e. The second kappa shape index (κ2) is 10.4. The van der Waals surface area contributed by atoms with Gasteiger partial charge in [0.05, 0.1) is 29.1 Å². The van der Waals surface area contributed by atoms with Crippen LogP contribution in [0.4, 0.5) is 10.5 Å². The molecule has 1 heterocycles. The molecule has 0 atom stereocenters. The number of aromatic nitrogens is 1. The minimum absolute atomic E-state index is 0.136. The van der Waals surface area contributed by atoms with Crippen LogP contribution in [-0.2, 0) is 14.2 Å². The number of fused-ring (bicyclic) bond motifs is 1. The molecule has 8 nitrogen and oxygen atoms in total. The molecule has 36 heavy (non-hydrogen) atoms. The van der Waals surface area contributed by atoms with Gasteiger partial charge in [-0.2, -0.15) is 0 Å². The summed E-state index contributed by atoms with van der Waals surface area (Å²) in [7, 11) is 0. The number of esters is 2. The van der Waals surface area contributed by atoms with Crippen molar-refractivity contribution in [1.29, 1.82) is 0 Å². The molecule has 0 bridgehead atoms. The van der Waals surface area contributed by atoms with Crippen LogP contribution in [0, 0.1) is 0 Å². The molecular formula is C28H32N2O6. The summed E-state index contributed by atoms with van der Waals surface area (Å²) in [6.07, 6.45) is 2.89. The standard InChI is InChI=1S/C28H32N2O6/c1-5-34-25(31)20-14-10-15-21(29-27(33)36-28(2,3)4)24(20)30-22-16-9-6-11-18(22)17-23(30)26(32)35-19-12-7-8-13-19/h6,9-11,14-17,19H,5,7-8,12-13H2,1-4H3,(H,29,33). The minimum atomic E-state index is -0.723. The van der Waals surface area contributed by atoms with Gasteiger partial charge in [0.15, 0.2) is 0 Å². The van der Waals surface area contributed by atoms with Crippen molar-refractivity contribution in [1.82, 2.24) is 4.57 Å². The Balaban J connectivity index is 1.90. The third-order valence-electron chi connectivity index (χ3n) is 5.89. The summed E-state index contributed by atoms with van der Waals surface area (Å²) in [6, 6.07) is 14.1. The highest BCUT2D eigenvalue weighted by molar-refractivity contribution is 6.03. The van der Waals surface area contributed by atoms with Crippen LogP contribution in [-0.4, -0.2) is 40.9 Å². The summed E-state index contributed by atoms with van der Waals surface area (Å²) in [4.78, 5) is 39.2. The normalized spacial score (nSPS) is 14.0. The number of ether oxygens (including phenoxy) is 3. The van der Waals surface area contributed by atoms with Crippen LogP contribution in [0.1, 0.15) is 74.2 Å². The number of rotatable bonds is 6. The van der Waals surface area contributed by atoms with Gasteiger partial charge in [0.2, 0.25) is 0 Å². The van der Waals surface area contributed by atoms with E-state index in [0.717, 1.165) is 31.1 Å². The van der Waals surface area contributed by atoms with Crippen LogP contribution in [0.3, 0.4) is 0 Å². The number of carbonyl (C=O) groups excluding carboxylic acids is 3. The van der Waals surface area contributed by atoms with Gasteiger partial charge in [-0.3, -0.25) is 5.32 Å². The highest BCUT2D eigenvalue weighted by Crippen LogP contribution is 2.34. The second-order valence-corrected chi connectivity index (χ2v) is 9.78. The van der Waals surface area contributed by atoms with E-state index in [9.17, 15) is 14.4 Å². The number of nitrogens with one attached hydrogen (secondary N) is 1. The molecule has 3 aromatic rings. The Morgan fingerprint density at radius 2 is 1.72 bits per heavy atom. The molecule has 0 unspecified atom stereocenters. The first-order valence-corrected chi connectivity index (χ1v) is 12.3. The van der Waals surface area contributed by atoms with Crippen LogP contribution in [0.15, 0.2) is 48.5 Å². The summed E-state index contributed by atoms with van der Waals surface area (Å²) >= 11 is 0. The maximum absolute atomic E-state index is 13.4. The molecule has 190 valence electrons. The molecule has 4 rings (SSSR count). The third-order valence-corrected chi connectivity index (χ3v) is 5.89. The summed E-state index contributed by atoms with van der Waals surface area (Å²) in [6.45, 7) is 7.18. The Morgan fingerprint density at radius 1 is 1.00 bits per heavy atom. The van der Waals surface area contributed by atoms with Gasteiger partial charge in [-0.25, -0.2) is 14.4 Å². The van der Waals surface area contributed by atoms with Crippen LogP contribution in [0.2, 0.25) is 0 Å². The van der Waals surface area contributed by atoms with E-state index in [4.69, 9.17) is 14.2 Å². The quantitative estimate of drug-likeness (QED) is 0.323. The van der Waals surface area contributed by atoms with E-state index >= 15 is 0 Å². The average molecular weight is 493 g/mol. The fraction of sp³-hybridized carbons (Fsp3) is 0.393. The zero-order chi connectivity index (χ0) is 25.9. The molecule has 1 saturated carbocycles. The van der Waals surface area contributed by atoms with Crippen molar-refractivity contribution in [3.05, 3.63) is 59.8 Å². The van der Waals surface area contributed by atoms with E-state index in [1.807, 2.05) is 24.3 Å². The lowest BCUT2D eigenvalue weighted by molar-refractivity contribution is 0.0307. The van der Waals surface area contributed by atoms with Crippen molar-refractivity contribution in [3.63, 3.8) is 0 Å². The molecule has 1 fully saturated rings. The number of carbonyl (C=O) groups is 3. The van der Waals surface area contributed by atoms with E-state index < -0.39 is 23.6 Å². The number of hydrogen-bond donors (Lipinski definition) is 1. The molecule has 1 aliphatic carbocycles. The minimum Gasteiger partial charge on any atom is -0.462 e. The predicted octanol–water partition coefficient (Wildman–Crippen LogP) is 6.25. The third kappa shape index (κ3) is 5.53. The Labute approximate surface area is 210 Å². The molecule has 1 aromatic heterocycles. The SMILES string of the molecule is CCOC(=O)c1cccc(NC(=O)OC(C)(C)C)c1-n1c(C(=O)OC2CCCC2)cc2ccccc21. The molecular weight excluding hydrogens is 460 g/mol. The Hall–Kier alpha value is -3.81. The fourth-order valence-corrected chi connectivity index (χ4v) is 4.44. The summed E-state index contributed by atoms with van der Waals surface area (Å²) < 4.78 is 18.3. The van der Waals surface area contributed by atoms with E-state index in [2.05, 4.69) is 5.32 Å². The zero-order valence-electron chi connectivity index (χ0n) is 21.1. The predicted molar refractivity (Wildman–Crippen MR) is 137 cm³/mol. The lowest BCUT2D eigenvalue weighted by atomic mass is 10.1. The molecule has 1 N–H and O–H groups in total. The highest BCUT2D eigenvalue weighted by atomic mass is 16.6. The van der Waals surface area contributed by atoms with Gasteiger partial charge in [-0.1, -0.05) is 24.3 Å².